The van der Waals surface area contributed by atoms with Gasteiger partial charge in [0.1, 0.15) is 10.6 Å². The molecule has 14 nitrogen and oxygen atoms in total. The van der Waals surface area contributed by atoms with Crippen molar-refractivity contribution in [2.75, 3.05) is 5.43 Å². The third-order valence-corrected chi connectivity index (χ3v) is 5.80. The molecule has 176 valence electrons. The van der Waals surface area contributed by atoms with Gasteiger partial charge in [-0.25, -0.2) is 0 Å². The SMILES string of the molecule is O=[N+]([O-])c1ccc(N=NNc2ccc(N=Nc3ccc(S(=O)(=O)O)cc3)cc2)c(S(=O)(=O)O)c1. The molecule has 0 saturated heterocycles. The molecular formula is C18H14N6O8S2. The van der Waals surface area contributed by atoms with Crippen molar-refractivity contribution in [3.63, 3.8) is 0 Å². The number of azo groups is 1. The summed E-state index contributed by atoms with van der Waals surface area (Å²) in [6.45, 7) is 0. The van der Waals surface area contributed by atoms with E-state index in [1.54, 1.807) is 24.3 Å². The van der Waals surface area contributed by atoms with Gasteiger partial charge in [0.15, 0.2) is 0 Å². The van der Waals surface area contributed by atoms with Crippen LogP contribution in [0.3, 0.4) is 0 Å². The van der Waals surface area contributed by atoms with E-state index in [-0.39, 0.29) is 10.6 Å². The number of nitrogens with zero attached hydrogens (tertiary/aromatic N) is 5. The highest BCUT2D eigenvalue weighted by molar-refractivity contribution is 7.86. The normalized spacial score (nSPS) is 12.3. The zero-order chi connectivity index (χ0) is 24.9. The first-order valence-electron chi connectivity index (χ1n) is 8.95. The first kappa shape index (κ1) is 24.5. The summed E-state index contributed by atoms with van der Waals surface area (Å²) < 4.78 is 63.2. The summed E-state index contributed by atoms with van der Waals surface area (Å²) >= 11 is 0. The minimum absolute atomic E-state index is 0.270. The maximum Gasteiger partial charge on any atom is 0.297 e. The molecule has 0 atom stereocenters. The molecule has 0 heterocycles. The van der Waals surface area contributed by atoms with E-state index in [1.165, 1.54) is 24.3 Å². The van der Waals surface area contributed by atoms with E-state index in [0.717, 1.165) is 12.1 Å². The van der Waals surface area contributed by atoms with Crippen molar-refractivity contribution in [1.29, 1.82) is 0 Å². The fraction of sp³-hybridized carbons (Fsp3) is 0. The van der Waals surface area contributed by atoms with Crippen LogP contribution in [0, 0.1) is 10.1 Å². The van der Waals surface area contributed by atoms with Gasteiger partial charge in [0, 0.05) is 12.1 Å². The van der Waals surface area contributed by atoms with Gasteiger partial charge in [0.05, 0.1) is 26.9 Å². The van der Waals surface area contributed by atoms with Crippen LogP contribution < -0.4 is 5.43 Å². The lowest BCUT2D eigenvalue weighted by atomic mass is 10.3. The van der Waals surface area contributed by atoms with Gasteiger partial charge in [-0.05, 0) is 54.6 Å². The monoisotopic (exact) mass is 506 g/mol. The lowest BCUT2D eigenvalue weighted by Crippen LogP contribution is -2.00. The summed E-state index contributed by atoms with van der Waals surface area (Å²) in [6, 6.07) is 14.0. The Morgan fingerprint density at radius 1 is 0.765 bits per heavy atom. The van der Waals surface area contributed by atoms with E-state index in [4.69, 9.17) is 4.55 Å². The largest absolute Gasteiger partial charge is 0.297 e. The van der Waals surface area contributed by atoms with Gasteiger partial charge in [0.2, 0.25) is 0 Å². The van der Waals surface area contributed by atoms with Gasteiger partial charge < -0.3 is 0 Å². The molecule has 0 radical (unpaired) electrons. The molecule has 0 spiro atoms. The van der Waals surface area contributed by atoms with E-state index >= 15 is 0 Å². The number of hydrogen-bond acceptors (Lipinski definition) is 10. The predicted molar refractivity (Wildman–Crippen MR) is 118 cm³/mol. The molecule has 34 heavy (non-hydrogen) atoms. The van der Waals surface area contributed by atoms with Crippen LogP contribution in [0.5, 0.6) is 0 Å². The summed E-state index contributed by atoms with van der Waals surface area (Å²) in [5.74, 6) is 0. The fourth-order valence-electron chi connectivity index (χ4n) is 2.45. The van der Waals surface area contributed by atoms with E-state index in [1.807, 2.05) is 0 Å². The minimum atomic E-state index is -4.78. The van der Waals surface area contributed by atoms with Crippen LogP contribution in [0.1, 0.15) is 0 Å². The Balaban J connectivity index is 1.69. The molecule has 0 amide bonds. The summed E-state index contributed by atoms with van der Waals surface area (Å²) in [5, 5.41) is 26.0. The van der Waals surface area contributed by atoms with Crippen molar-refractivity contribution >= 4 is 48.7 Å². The topological polar surface area (TPSA) is 213 Å². The molecule has 3 N–H and O–H groups in total. The second-order valence-electron chi connectivity index (χ2n) is 6.41. The first-order chi connectivity index (χ1) is 15.9. The van der Waals surface area contributed by atoms with Gasteiger partial charge in [-0.2, -0.15) is 27.1 Å². The van der Waals surface area contributed by atoms with Crippen LogP contribution in [0.25, 0.3) is 0 Å². The van der Waals surface area contributed by atoms with Crippen molar-refractivity contribution in [2.24, 2.45) is 20.6 Å². The van der Waals surface area contributed by atoms with E-state index in [0.29, 0.717) is 23.1 Å². The van der Waals surface area contributed by atoms with E-state index in [9.17, 15) is 31.5 Å². The number of nitro benzene ring substituents is 1. The average Bonchev–Trinajstić information content (AvgIpc) is 2.77. The molecule has 0 aliphatic rings. The van der Waals surface area contributed by atoms with Gasteiger partial charge in [-0.3, -0.25) is 24.6 Å². The minimum Gasteiger partial charge on any atom is -0.282 e. The van der Waals surface area contributed by atoms with Gasteiger partial charge in [0.25, 0.3) is 25.9 Å². The number of rotatable bonds is 8. The zero-order valence-corrected chi connectivity index (χ0v) is 18.4. The molecule has 3 rings (SSSR count). The molecule has 0 unspecified atom stereocenters. The van der Waals surface area contributed by atoms with Crippen LogP contribution in [0.2, 0.25) is 0 Å². The summed E-state index contributed by atoms with van der Waals surface area (Å²) in [5.41, 5.74) is 2.88. The third-order valence-electron chi connectivity index (χ3n) is 4.05. The summed E-state index contributed by atoms with van der Waals surface area (Å²) in [4.78, 5) is 8.95. The first-order valence-corrected chi connectivity index (χ1v) is 11.8. The lowest BCUT2D eigenvalue weighted by molar-refractivity contribution is -0.385. The summed E-state index contributed by atoms with van der Waals surface area (Å²) in [7, 11) is -9.08. The third kappa shape index (κ3) is 6.45. The van der Waals surface area contributed by atoms with Crippen LogP contribution in [-0.4, -0.2) is 30.9 Å². The number of anilines is 1. The Hall–Kier alpha value is -4.12. The van der Waals surface area contributed by atoms with E-state index < -0.39 is 35.7 Å². The van der Waals surface area contributed by atoms with Crippen LogP contribution in [0.15, 0.2) is 97.1 Å². The summed E-state index contributed by atoms with van der Waals surface area (Å²) in [6.07, 6.45) is 0. The molecule has 0 aromatic heterocycles. The Bertz CT molecular complexity index is 1490. The molecular weight excluding hydrogens is 492 g/mol. The Kier molecular flexibility index (Phi) is 7.06. The lowest BCUT2D eigenvalue weighted by Gasteiger charge is -2.02. The van der Waals surface area contributed by atoms with Crippen LogP contribution in [0.4, 0.5) is 28.4 Å². The van der Waals surface area contributed by atoms with Crippen molar-refractivity contribution in [3.05, 3.63) is 76.8 Å². The maximum atomic E-state index is 11.5. The maximum absolute atomic E-state index is 11.5. The number of hydrogen-bond donors (Lipinski definition) is 3. The number of nitro groups is 1. The molecule has 0 aliphatic heterocycles. The second-order valence-corrected chi connectivity index (χ2v) is 9.22. The highest BCUT2D eigenvalue weighted by atomic mass is 32.2. The van der Waals surface area contributed by atoms with Gasteiger partial charge >= 0.3 is 0 Å². The van der Waals surface area contributed by atoms with E-state index in [2.05, 4.69) is 26.0 Å². The average molecular weight is 506 g/mol. The van der Waals surface area contributed by atoms with Crippen molar-refractivity contribution in [3.8, 4) is 0 Å². The van der Waals surface area contributed by atoms with Crippen LogP contribution >= 0.6 is 0 Å². The number of nitrogens with one attached hydrogen (secondary N) is 1. The van der Waals surface area contributed by atoms with Crippen LogP contribution in [-0.2, 0) is 20.2 Å². The molecule has 16 heteroatoms. The molecule has 0 fully saturated rings. The highest BCUT2D eigenvalue weighted by Gasteiger charge is 2.20. The van der Waals surface area contributed by atoms with Gasteiger partial charge in [-0.1, -0.05) is 5.22 Å². The molecule has 0 bridgehead atoms. The quantitative estimate of drug-likeness (QED) is 0.168. The van der Waals surface area contributed by atoms with Crippen molar-refractivity contribution in [2.45, 2.75) is 9.79 Å². The van der Waals surface area contributed by atoms with Crippen molar-refractivity contribution < 1.29 is 30.9 Å². The molecule has 3 aromatic rings. The Morgan fingerprint density at radius 2 is 1.32 bits per heavy atom. The molecule has 0 saturated carbocycles. The fourth-order valence-corrected chi connectivity index (χ4v) is 3.57. The smallest absolute Gasteiger partial charge is 0.282 e. The second kappa shape index (κ2) is 9.79. The number of benzene rings is 3. The van der Waals surface area contributed by atoms with Gasteiger partial charge in [-0.15, -0.1) is 5.11 Å². The predicted octanol–water partition coefficient (Wildman–Crippen LogP) is 4.61. The molecule has 0 aliphatic carbocycles. The highest BCUT2D eigenvalue weighted by Crippen LogP contribution is 2.29. The number of non-ortho nitro benzene ring substituents is 1. The standard InChI is InChI=1S/C18H14N6O8S2/c25-24(26)15-7-10-17(18(11-15)34(30,31)32)22-23-21-14-3-1-12(2-4-14)19-20-13-5-8-16(9-6-13)33(27,28)29/h1-11H,(H,21,22)(H,27,28,29)(H,30,31,32). The molecule has 3 aromatic carbocycles. The Labute approximate surface area is 192 Å². The zero-order valence-electron chi connectivity index (χ0n) is 16.7. The van der Waals surface area contributed by atoms with Crippen molar-refractivity contribution in [1.82, 2.24) is 0 Å². The Morgan fingerprint density at radius 3 is 1.82 bits per heavy atom.